The molecule has 0 radical (unpaired) electrons. The van der Waals surface area contributed by atoms with Crippen LogP contribution < -0.4 is 14.2 Å². The number of esters is 2. The van der Waals surface area contributed by atoms with E-state index in [1.807, 2.05) is 0 Å². The van der Waals surface area contributed by atoms with Crippen molar-refractivity contribution in [3.05, 3.63) is 79.4 Å². The Morgan fingerprint density at radius 1 is 0.763 bits per heavy atom. The van der Waals surface area contributed by atoms with Crippen molar-refractivity contribution >= 4 is 33.9 Å². The molecule has 1 aromatic heterocycles. The van der Waals surface area contributed by atoms with Gasteiger partial charge in [0, 0.05) is 28.5 Å². The maximum absolute atomic E-state index is 14.0. The van der Waals surface area contributed by atoms with Gasteiger partial charge in [-0.3, -0.25) is 0 Å². The van der Waals surface area contributed by atoms with E-state index in [0.717, 1.165) is 18.2 Å². The minimum atomic E-state index is -5.24. The predicted molar refractivity (Wildman–Crippen MR) is 123 cm³/mol. The molecule has 196 valence electrons. The molecule has 0 aliphatic rings. The lowest BCUT2D eigenvalue weighted by molar-refractivity contribution is -0.274. The van der Waals surface area contributed by atoms with E-state index in [1.165, 1.54) is 36.4 Å². The number of benzene rings is 3. The molecule has 0 aliphatic heterocycles. The maximum atomic E-state index is 14.0. The van der Waals surface area contributed by atoms with E-state index < -0.39 is 52.7 Å². The molecule has 4 aromatic rings. The van der Waals surface area contributed by atoms with Crippen molar-refractivity contribution in [2.45, 2.75) is 12.5 Å². The summed E-state index contributed by atoms with van der Waals surface area (Å²) in [6.45, 7) is 6.37. The minimum Gasteiger partial charge on any atom is -0.451 e. The van der Waals surface area contributed by atoms with E-state index in [1.54, 1.807) is 0 Å². The monoisotopic (exact) mass is 536 g/mol. The van der Waals surface area contributed by atoms with Gasteiger partial charge in [0.2, 0.25) is 0 Å². The van der Waals surface area contributed by atoms with Gasteiger partial charge < -0.3 is 18.6 Å². The van der Waals surface area contributed by atoms with Crippen LogP contribution in [0.5, 0.6) is 17.2 Å². The first-order valence-corrected chi connectivity index (χ1v) is 10.5. The molecule has 6 nitrogen and oxygen atoms in total. The first-order valence-electron chi connectivity index (χ1n) is 10.5. The first kappa shape index (κ1) is 26.3. The third kappa shape index (κ3) is 5.19. The number of carbonyl (C=O) groups is 2. The van der Waals surface area contributed by atoms with Crippen LogP contribution in [0.25, 0.3) is 33.1 Å². The molecule has 4 rings (SSSR count). The standard InChI is InChI=1S/C26H14F6O6/c1-3-19(33)35-14-7-5-13(6-8-14)15-9-10-17-16-11-12-18(36-20(34)4-2)21(25(27,28)29)22(16)37-23(17)24(15)38-26(30,31)32/h3-12H,1-2H2. The van der Waals surface area contributed by atoms with Crippen LogP contribution >= 0.6 is 0 Å². The summed E-state index contributed by atoms with van der Waals surface area (Å²) in [5.74, 6) is -3.70. The number of fused-ring (bicyclic) bond motifs is 3. The molecule has 0 bridgehead atoms. The molecule has 0 spiro atoms. The number of rotatable bonds is 6. The quantitative estimate of drug-likeness (QED) is 0.111. The lowest BCUT2D eigenvalue weighted by Gasteiger charge is -2.14. The number of carbonyl (C=O) groups excluding carboxylic acids is 2. The SMILES string of the molecule is C=CC(=O)Oc1ccc(-c2ccc3c(oc4c(C(F)(F)F)c(OC(=O)C=C)ccc43)c2OC(F)(F)F)cc1. The van der Waals surface area contributed by atoms with Crippen LogP contribution in [0, 0.1) is 0 Å². The summed E-state index contributed by atoms with van der Waals surface area (Å²) < 4.78 is 101. The number of ether oxygens (including phenoxy) is 3. The summed E-state index contributed by atoms with van der Waals surface area (Å²) in [6.07, 6.45) is -8.79. The third-order valence-electron chi connectivity index (χ3n) is 5.15. The van der Waals surface area contributed by atoms with Crippen molar-refractivity contribution in [2.75, 3.05) is 0 Å². The number of halogens is 6. The zero-order chi connectivity index (χ0) is 27.8. The molecule has 38 heavy (non-hydrogen) atoms. The second kappa shape index (κ2) is 9.61. The number of hydrogen-bond acceptors (Lipinski definition) is 6. The summed E-state index contributed by atoms with van der Waals surface area (Å²) in [4.78, 5) is 22.9. The number of alkyl halides is 6. The van der Waals surface area contributed by atoms with Crippen molar-refractivity contribution < 1.29 is 54.6 Å². The Morgan fingerprint density at radius 2 is 1.34 bits per heavy atom. The molecule has 0 fully saturated rings. The fraction of sp³-hybridized carbons (Fsp3) is 0.0769. The largest absolute Gasteiger partial charge is 0.573 e. The van der Waals surface area contributed by atoms with E-state index in [2.05, 4.69) is 22.6 Å². The zero-order valence-corrected chi connectivity index (χ0v) is 18.9. The Balaban J connectivity index is 1.97. The summed E-state index contributed by atoms with van der Waals surface area (Å²) in [5.41, 5.74) is -3.04. The van der Waals surface area contributed by atoms with Crippen LogP contribution in [0.2, 0.25) is 0 Å². The molecular weight excluding hydrogens is 522 g/mol. The summed E-state index contributed by atoms with van der Waals surface area (Å²) in [7, 11) is 0. The van der Waals surface area contributed by atoms with Crippen molar-refractivity contribution in [3.8, 4) is 28.4 Å². The van der Waals surface area contributed by atoms with Crippen LogP contribution in [-0.4, -0.2) is 18.3 Å². The lowest BCUT2D eigenvalue weighted by atomic mass is 10.0. The van der Waals surface area contributed by atoms with Gasteiger partial charge in [0.05, 0.1) is 0 Å². The van der Waals surface area contributed by atoms with E-state index >= 15 is 0 Å². The molecule has 0 unspecified atom stereocenters. The molecular formula is C26H14F6O6. The Labute approximate surface area is 209 Å². The van der Waals surface area contributed by atoms with E-state index in [9.17, 15) is 35.9 Å². The van der Waals surface area contributed by atoms with Crippen LogP contribution in [-0.2, 0) is 15.8 Å². The van der Waals surface area contributed by atoms with Gasteiger partial charge in [0.25, 0.3) is 0 Å². The van der Waals surface area contributed by atoms with Crippen LogP contribution in [0.1, 0.15) is 5.56 Å². The highest BCUT2D eigenvalue weighted by molar-refractivity contribution is 6.10. The van der Waals surface area contributed by atoms with Crippen molar-refractivity contribution in [2.24, 2.45) is 0 Å². The normalized spacial score (nSPS) is 11.8. The highest BCUT2D eigenvalue weighted by Gasteiger charge is 2.40. The average Bonchev–Trinajstić information content (AvgIpc) is 3.21. The molecule has 0 atom stereocenters. The van der Waals surface area contributed by atoms with Gasteiger partial charge in [0.1, 0.15) is 17.1 Å². The molecule has 0 saturated heterocycles. The Kier molecular flexibility index (Phi) is 6.66. The summed E-state index contributed by atoms with van der Waals surface area (Å²) >= 11 is 0. The van der Waals surface area contributed by atoms with Crippen LogP contribution in [0.3, 0.4) is 0 Å². The Hall–Kier alpha value is -4.74. The molecule has 3 aromatic carbocycles. The van der Waals surface area contributed by atoms with Crippen molar-refractivity contribution in [1.82, 2.24) is 0 Å². The molecule has 0 aliphatic carbocycles. The van der Waals surface area contributed by atoms with Crippen molar-refractivity contribution in [3.63, 3.8) is 0 Å². The topological polar surface area (TPSA) is 75.0 Å². The van der Waals surface area contributed by atoms with Gasteiger partial charge in [-0.1, -0.05) is 25.3 Å². The van der Waals surface area contributed by atoms with E-state index in [-0.39, 0.29) is 27.6 Å². The Morgan fingerprint density at radius 3 is 1.92 bits per heavy atom. The second-order valence-corrected chi connectivity index (χ2v) is 7.56. The first-order chi connectivity index (χ1) is 17.8. The zero-order valence-electron chi connectivity index (χ0n) is 18.9. The molecule has 0 saturated carbocycles. The molecule has 1 heterocycles. The van der Waals surface area contributed by atoms with E-state index in [0.29, 0.717) is 6.08 Å². The van der Waals surface area contributed by atoms with Gasteiger partial charge >= 0.3 is 24.5 Å². The summed E-state index contributed by atoms with van der Waals surface area (Å²) in [6, 6.07) is 9.64. The summed E-state index contributed by atoms with van der Waals surface area (Å²) in [5, 5.41) is -0.317. The third-order valence-corrected chi connectivity index (χ3v) is 5.15. The van der Waals surface area contributed by atoms with Gasteiger partial charge in [0.15, 0.2) is 16.9 Å². The maximum Gasteiger partial charge on any atom is 0.573 e. The predicted octanol–water partition coefficient (Wildman–Crippen LogP) is 7.35. The molecule has 0 amide bonds. The molecule has 0 N–H and O–H groups in total. The lowest BCUT2D eigenvalue weighted by Crippen LogP contribution is -2.17. The smallest absolute Gasteiger partial charge is 0.451 e. The fourth-order valence-electron chi connectivity index (χ4n) is 3.67. The highest BCUT2D eigenvalue weighted by Crippen LogP contribution is 2.48. The Bertz CT molecular complexity index is 1580. The van der Waals surface area contributed by atoms with Gasteiger partial charge in [-0.15, -0.1) is 13.2 Å². The second-order valence-electron chi connectivity index (χ2n) is 7.56. The van der Waals surface area contributed by atoms with Crippen LogP contribution in [0.4, 0.5) is 26.3 Å². The highest BCUT2D eigenvalue weighted by atomic mass is 19.4. The minimum absolute atomic E-state index is 0.0678. The van der Waals surface area contributed by atoms with Crippen LogP contribution in [0.15, 0.2) is 78.3 Å². The van der Waals surface area contributed by atoms with Crippen molar-refractivity contribution in [1.29, 1.82) is 0 Å². The number of furan rings is 1. The fourth-order valence-corrected chi connectivity index (χ4v) is 3.67. The average molecular weight is 536 g/mol. The van der Waals surface area contributed by atoms with E-state index in [4.69, 9.17) is 9.15 Å². The van der Waals surface area contributed by atoms with Gasteiger partial charge in [-0.2, -0.15) is 13.2 Å². The number of hydrogen-bond donors (Lipinski definition) is 0. The van der Waals surface area contributed by atoms with Gasteiger partial charge in [-0.25, -0.2) is 9.59 Å². The van der Waals surface area contributed by atoms with Gasteiger partial charge in [-0.05, 0) is 42.0 Å². The molecule has 12 heteroatoms.